The second kappa shape index (κ2) is 6.36. The lowest BCUT2D eigenvalue weighted by Gasteiger charge is -2.44. The number of methoxy groups -OCH3 is 1. The number of ether oxygens (including phenoxy) is 1. The van der Waals surface area contributed by atoms with Gasteiger partial charge >= 0.3 is 5.97 Å². The van der Waals surface area contributed by atoms with Crippen LogP contribution in [0.5, 0.6) is 0 Å². The van der Waals surface area contributed by atoms with Crippen LogP contribution in [0.25, 0.3) is 0 Å². The van der Waals surface area contributed by atoms with Crippen LogP contribution in [0.2, 0.25) is 0 Å². The van der Waals surface area contributed by atoms with E-state index in [9.17, 15) is 19.7 Å². The Labute approximate surface area is 148 Å². The summed E-state index contributed by atoms with van der Waals surface area (Å²) in [5.74, 6) is -1.39. The molecule has 0 saturated carbocycles. The van der Waals surface area contributed by atoms with Gasteiger partial charge in [-0.2, -0.15) is 0 Å². The van der Waals surface area contributed by atoms with Gasteiger partial charge in [-0.25, -0.2) is 0 Å². The molecule has 1 spiro atoms. The third-order valence-corrected chi connectivity index (χ3v) is 5.68. The van der Waals surface area contributed by atoms with Gasteiger partial charge in [0.1, 0.15) is 10.8 Å². The lowest BCUT2D eigenvalue weighted by atomic mass is 9.96. The number of nitro benzene ring substituents is 1. The summed E-state index contributed by atoms with van der Waals surface area (Å²) in [6, 6.07) is 5.72. The lowest BCUT2D eigenvalue weighted by molar-refractivity contribution is -0.384. The second-order valence-corrected chi connectivity index (χ2v) is 7.37. The predicted molar refractivity (Wildman–Crippen MR) is 94.2 cm³/mol. The molecule has 25 heavy (non-hydrogen) atoms. The fourth-order valence-corrected chi connectivity index (χ4v) is 4.62. The first-order chi connectivity index (χ1) is 11.9. The van der Waals surface area contributed by atoms with Gasteiger partial charge in [0.05, 0.1) is 12.0 Å². The van der Waals surface area contributed by atoms with Crippen molar-refractivity contribution in [2.24, 2.45) is 5.92 Å². The van der Waals surface area contributed by atoms with Gasteiger partial charge in [0.15, 0.2) is 0 Å². The summed E-state index contributed by atoms with van der Waals surface area (Å²) in [6.45, 7) is 1.97. The number of anilines is 1. The molecule has 0 aromatic heterocycles. The van der Waals surface area contributed by atoms with Gasteiger partial charge in [-0.05, 0) is 25.1 Å². The van der Waals surface area contributed by atoms with E-state index in [2.05, 4.69) is 0 Å². The van der Waals surface area contributed by atoms with Crippen LogP contribution < -0.4 is 4.90 Å². The van der Waals surface area contributed by atoms with E-state index in [1.165, 1.54) is 54.1 Å². The normalized spacial score (nSPS) is 27.8. The molecule has 1 amide bonds. The number of amides is 1. The van der Waals surface area contributed by atoms with Crippen molar-refractivity contribution in [1.29, 1.82) is 0 Å². The second-order valence-electron chi connectivity index (χ2n) is 5.74. The third kappa shape index (κ3) is 2.82. The maximum atomic E-state index is 12.5. The Kier molecular flexibility index (Phi) is 4.38. The van der Waals surface area contributed by atoms with E-state index in [-0.39, 0.29) is 16.8 Å². The summed E-state index contributed by atoms with van der Waals surface area (Å²) in [6.07, 6.45) is 6.80. The van der Waals surface area contributed by atoms with E-state index in [4.69, 9.17) is 4.74 Å². The Hall–Kier alpha value is -2.61. The lowest BCUT2D eigenvalue weighted by Crippen LogP contribution is -2.53. The summed E-state index contributed by atoms with van der Waals surface area (Å²) in [7, 11) is 1.31. The molecular formula is C17H16N2O5S. The first-order valence-electron chi connectivity index (χ1n) is 7.61. The molecule has 0 aliphatic carbocycles. The van der Waals surface area contributed by atoms with E-state index >= 15 is 0 Å². The van der Waals surface area contributed by atoms with Crippen LogP contribution in [-0.2, 0) is 14.3 Å². The number of thioether (sulfide) groups is 1. The zero-order valence-corrected chi connectivity index (χ0v) is 14.4. The fraction of sp³-hybridized carbons (Fsp3) is 0.294. The smallest absolute Gasteiger partial charge is 0.316 e. The molecule has 2 aliphatic rings. The molecule has 0 fully saturated rings. The predicted octanol–water partition coefficient (Wildman–Crippen LogP) is 2.67. The monoisotopic (exact) mass is 360 g/mol. The Morgan fingerprint density at radius 3 is 2.60 bits per heavy atom. The van der Waals surface area contributed by atoms with E-state index in [1.807, 2.05) is 13.0 Å². The number of hydrogen-bond acceptors (Lipinski definition) is 6. The van der Waals surface area contributed by atoms with Crippen molar-refractivity contribution in [2.75, 3.05) is 12.0 Å². The van der Waals surface area contributed by atoms with Crippen LogP contribution in [0.1, 0.15) is 6.92 Å². The summed E-state index contributed by atoms with van der Waals surface area (Å²) in [5, 5.41) is 10.9. The molecule has 0 radical (unpaired) electrons. The summed E-state index contributed by atoms with van der Waals surface area (Å²) < 4.78 is 4.92. The molecule has 7 nitrogen and oxygen atoms in total. The average molecular weight is 360 g/mol. The molecule has 2 heterocycles. The first kappa shape index (κ1) is 17.2. The maximum Gasteiger partial charge on any atom is 0.316 e. The molecule has 1 aromatic carbocycles. The number of rotatable bonds is 3. The van der Waals surface area contributed by atoms with Crippen LogP contribution in [0.4, 0.5) is 11.4 Å². The quantitative estimate of drug-likeness (QED) is 0.356. The van der Waals surface area contributed by atoms with Gasteiger partial charge in [-0.3, -0.25) is 24.6 Å². The third-order valence-electron chi connectivity index (χ3n) is 4.20. The highest BCUT2D eigenvalue weighted by Gasteiger charge is 2.53. The fourth-order valence-electron chi connectivity index (χ4n) is 3.09. The molecule has 130 valence electrons. The largest absolute Gasteiger partial charge is 0.468 e. The SMILES string of the molecule is COC(=O)[C@@H]1C=C[C@H](C)S[C@]12C=CC(=O)N2c1ccc([N+](=O)[O-])cc1. The number of carbonyl (C=O) groups excluding carboxylic acids is 2. The molecule has 0 bridgehead atoms. The van der Waals surface area contributed by atoms with Crippen molar-refractivity contribution in [1.82, 2.24) is 0 Å². The Bertz CT molecular complexity index is 789. The molecule has 0 unspecified atom stereocenters. The van der Waals surface area contributed by atoms with Gasteiger partial charge in [0.25, 0.3) is 11.6 Å². The Balaban J connectivity index is 2.07. The molecule has 2 aliphatic heterocycles. The molecule has 0 N–H and O–H groups in total. The molecule has 0 saturated heterocycles. The summed E-state index contributed by atoms with van der Waals surface area (Å²) >= 11 is 1.46. The van der Waals surface area contributed by atoms with Gasteiger partial charge in [-0.15, -0.1) is 11.8 Å². The maximum absolute atomic E-state index is 12.5. The van der Waals surface area contributed by atoms with Crippen molar-refractivity contribution >= 4 is 35.0 Å². The van der Waals surface area contributed by atoms with E-state index < -0.39 is 21.7 Å². The van der Waals surface area contributed by atoms with Crippen LogP contribution in [-0.4, -0.2) is 34.0 Å². The number of benzene rings is 1. The standard InChI is InChI=1S/C17H16N2O5S/c1-11-3-8-14(16(21)24-2)17(25-11)10-9-15(20)18(17)12-4-6-13(7-5-12)19(22)23/h3-11,14H,1-2H3/t11-,14-,17+/m0/s1. The zero-order chi connectivity index (χ0) is 18.2. The zero-order valence-electron chi connectivity index (χ0n) is 13.6. The Morgan fingerprint density at radius 2 is 2.00 bits per heavy atom. The molecule has 8 heteroatoms. The number of esters is 1. The number of carbonyl (C=O) groups is 2. The van der Waals surface area contributed by atoms with Crippen LogP contribution in [0, 0.1) is 16.0 Å². The number of nitrogens with zero attached hydrogens (tertiary/aromatic N) is 2. The van der Waals surface area contributed by atoms with Gasteiger partial charge in [0, 0.05) is 29.1 Å². The minimum atomic E-state index is -0.950. The summed E-state index contributed by atoms with van der Waals surface area (Å²) in [4.78, 5) is 35.8. The number of nitro groups is 1. The molecule has 3 rings (SSSR count). The first-order valence-corrected chi connectivity index (χ1v) is 8.49. The number of non-ortho nitro benzene ring substituents is 1. The van der Waals surface area contributed by atoms with E-state index in [1.54, 1.807) is 12.2 Å². The van der Waals surface area contributed by atoms with Crippen molar-refractivity contribution in [3.63, 3.8) is 0 Å². The molecule has 3 atom stereocenters. The highest BCUT2D eigenvalue weighted by Crippen LogP contribution is 2.49. The van der Waals surface area contributed by atoms with Crippen LogP contribution >= 0.6 is 11.8 Å². The van der Waals surface area contributed by atoms with E-state index in [0.29, 0.717) is 5.69 Å². The van der Waals surface area contributed by atoms with Crippen molar-refractivity contribution in [2.45, 2.75) is 17.0 Å². The minimum Gasteiger partial charge on any atom is -0.468 e. The van der Waals surface area contributed by atoms with Crippen molar-refractivity contribution in [3.8, 4) is 0 Å². The Morgan fingerprint density at radius 1 is 1.32 bits per heavy atom. The van der Waals surface area contributed by atoms with Gasteiger partial charge in [-0.1, -0.05) is 12.2 Å². The van der Waals surface area contributed by atoms with E-state index in [0.717, 1.165) is 0 Å². The minimum absolute atomic E-state index is 0.0634. The average Bonchev–Trinajstić information content (AvgIpc) is 2.90. The highest BCUT2D eigenvalue weighted by molar-refractivity contribution is 8.01. The van der Waals surface area contributed by atoms with Crippen molar-refractivity contribution < 1.29 is 19.2 Å². The van der Waals surface area contributed by atoms with Crippen LogP contribution in [0.3, 0.4) is 0 Å². The summed E-state index contributed by atoms with van der Waals surface area (Å²) in [5.41, 5.74) is 0.427. The van der Waals surface area contributed by atoms with Crippen molar-refractivity contribution in [3.05, 3.63) is 58.7 Å². The highest BCUT2D eigenvalue weighted by atomic mass is 32.2. The van der Waals surface area contributed by atoms with Crippen LogP contribution in [0.15, 0.2) is 48.6 Å². The molecule has 1 aromatic rings. The molecular weight excluding hydrogens is 344 g/mol. The number of hydrogen-bond donors (Lipinski definition) is 0. The van der Waals surface area contributed by atoms with Gasteiger partial charge in [0.2, 0.25) is 0 Å². The topological polar surface area (TPSA) is 89.8 Å². The van der Waals surface area contributed by atoms with Gasteiger partial charge < -0.3 is 4.74 Å².